The van der Waals surface area contributed by atoms with Crippen molar-refractivity contribution >= 4 is 27.3 Å². The van der Waals surface area contributed by atoms with E-state index in [2.05, 4.69) is 72.9 Å². The Hall–Kier alpha value is -2.80. The number of ether oxygens (including phenoxy) is 1. The quantitative estimate of drug-likeness (QED) is 0.140. The summed E-state index contributed by atoms with van der Waals surface area (Å²) in [5.41, 5.74) is -0.576. The van der Waals surface area contributed by atoms with E-state index in [1.807, 2.05) is 30.9 Å². The van der Waals surface area contributed by atoms with Gasteiger partial charge in [0.1, 0.15) is 30.3 Å². The molecule has 0 saturated carbocycles. The van der Waals surface area contributed by atoms with Gasteiger partial charge in [-0.15, -0.1) is 0 Å². The van der Waals surface area contributed by atoms with Crippen LogP contribution in [0.5, 0.6) is 0 Å². The number of carbonyl (C=O) groups excluding carboxylic acids is 1. The van der Waals surface area contributed by atoms with Crippen LogP contribution >= 0.6 is 0 Å². The fourth-order valence-electron chi connectivity index (χ4n) is 3.85. The summed E-state index contributed by atoms with van der Waals surface area (Å²) < 4.78 is 71.5. The lowest BCUT2D eigenvalue weighted by molar-refractivity contribution is -0.697. The maximum atomic E-state index is 12.1. The summed E-state index contributed by atoms with van der Waals surface area (Å²) in [4.78, 5) is 12.1. The van der Waals surface area contributed by atoms with Crippen LogP contribution < -0.4 is 18.5 Å². The van der Waals surface area contributed by atoms with Crippen LogP contribution in [0.4, 0.5) is 25.9 Å². The predicted molar refractivity (Wildman–Crippen MR) is 188 cm³/mol. The molecule has 48 heavy (non-hydrogen) atoms. The van der Waals surface area contributed by atoms with Crippen LogP contribution in [0.25, 0.3) is 6.20 Å². The van der Waals surface area contributed by atoms with Crippen molar-refractivity contribution in [2.45, 2.75) is 143 Å². The molecule has 0 aliphatic rings. The topological polar surface area (TPSA) is 43.9 Å². The van der Waals surface area contributed by atoms with Gasteiger partial charge in [0.2, 0.25) is 12.7 Å². The lowest BCUT2D eigenvalue weighted by atomic mass is 9.76. The van der Waals surface area contributed by atoms with Crippen LogP contribution in [0.15, 0.2) is 44.0 Å². The van der Waals surface area contributed by atoms with Crippen LogP contribution in [0.1, 0.15) is 125 Å². The van der Waals surface area contributed by atoms with E-state index in [1.54, 1.807) is 6.20 Å². The Labute approximate surface area is 290 Å². The molecule has 16 heteroatoms. The van der Waals surface area contributed by atoms with E-state index in [9.17, 15) is 30.7 Å². The van der Waals surface area contributed by atoms with Crippen molar-refractivity contribution in [2.24, 2.45) is 5.41 Å². The van der Waals surface area contributed by atoms with Gasteiger partial charge in [0.15, 0.2) is 0 Å². The minimum Gasteiger partial charge on any atom is -1.00 e. The van der Waals surface area contributed by atoms with Gasteiger partial charge in [-0.3, -0.25) is 30.7 Å². The Kier molecular flexibility index (Phi) is 57.4. The highest BCUT2D eigenvalue weighted by Gasteiger charge is 2.41. The molecule has 1 atom stereocenters. The molecule has 2 aromatic rings. The van der Waals surface area contributed by atoms with Gasteiger partial charge >= 0.3 is 21.1 Å². The van der Waals surface area contributed by atoms with Gasteiger partial charge in [-0.2, -0.15) is 0 Å². The summed E-state index contributed by atoms with van der Waals surface area (Å²) in [6.07, 6.45) is 20.7. The van der Waals surface area contributed by atoms with Crippen molar-refractivity contribution in [2.75, 3.05) is 7.11 Å². The van der Waals surface area contributed by atoms with Crippen molar-refractivity contribution in [3.63, 3.8) is 0 Å². The van der Waals surface area contributed by atoms with Gasteiger partial charge in [0, 0.05) is 6.42 Å². The highest BCUT2D eigenvalue weighted by atomic mass is 19.4. The monoisotopic (exact) mass is 717 g/mol. The minimum absolute atomic E-state index is 0. The van der Waals surface area contributed by atoms with Gasteiger partial charge in [0.25, 0.3) is 0 Å². The zero-order chi connectivity index (χ0) is 31.4. The first-order valence-corrected chi connectivity index (χ1v) is 13.3. The summed E-state index contributed by atoms with van der Waals surface area (Å²) in [6.45, 7) is 18.6. The molecular formula is C32H70B2F8N4O2. The zero-order valence-corrected chi connectivity index (χ0v) is 25.7. The van der Waals surface area contributed by atoms with Gasteiger partial charge in [-0.1, -0.05) is 84.8 Å². The van der Waals surface area contributed by atoms with Crippen molar-refractivity contribution in [1.29, 1.82) is 0 Å². The number of esters is 1. The van der Waals surface area contributed by atoms with Crippen molar-refractivity contribution in [3.8, 4) is 0 Å². The molecule has 0 saturated heterocycles. The second-order valence-corrected chi connectivity index (χ2v) is 9.94. The lowest BCUT2D eigenvalue weighted by Crippen LogP contribution is -3.00. The number of rotatable bonds is 12. The molecule has 0 bridgehead atoms. The molecule has 0 spiro atoms. The molecule has 0 aliphatic carbocycles. The number of methoxy groups -OCH3 is 1. The predicted octanol–water partition coefficient (Wildman–Crippen LogP) is 4.55. The van der Waals surface area contributed by atoms with E-state index in [-0.39, 0.29) is 65.5 Å². The van der Waals surface area contributed by atoms with E-state index in [0.29, 0.717) is 0 Å². The standard InChI is InChI=1S/C17H31N2O2.C9H15N2.6CH4.2BF3.2FH/c1-7-9-10-18-11-12-19(14-18)16(3,4)13-17(5,8-2)15(20)21-6;1-3-5-6-11-8-7-10(4-2)9-11;;;;;;;2*2-1(3)4;;/h11-12,14H,7-10,13H2,1-6H3;4,7-9H,2-3,5-6H2,1H3;6*1H4;;;2*1H/q2*+1;;;;;;;;;;/p-2. The normalized spacial score (nSPS) is 9.85. The Morgan fingerprint density at radius 1 is 0.792 bits per heavy atom. The van der Waals surface area contributed by atoms with Crippen LogP contribution in [-0.4, -0.2) is 37.3 Å². The summed E-state index contributed by atoms with van der Waals surface area (Å²) in [6, 6.07) is 0. The maximum absolute atomic E-state index is 12.1. The van der Waals surface area contributed by atoms with Gasteiger partial charge in [-0.25, -0.2) is 18.3 Å². The van der Waals surface area contributed by atoms with Gasteiger partial charge in [-0.05, 0) is 40.0 Å². The van der Waals surface area contributed by atoms with Crippen LogP contribution in [0, 0.1) is 5.41 Å². The molecule has 0 aliphatic heterocycles. The molecule has 292 valence electrons. The molecule has 2 aromatic heterocycles. The highest BCUT2D eigenvalue weighted by molar-refractivity contribution is 6.33. The van der Waals surface area contributed by atoms with Gasteiger partial charge < -0.3 is 14.1 Å². The number of aryl methyl sites for hydroxylation is 2. The van der Waals surface area contributed by atoms with E-state index in [1.165, 1.54) is 32.8 Å². The summed E-state index contributed by atoms with van der Waals surface area (Å²) >= 11 is 0. The number of carbonyl (C=O) groups is 1. The Bertz CT molecular complexity index is 941. The first-order chi connectivity index (χ1) is 18.6. The first kappa shape index (κ1) is 71.3. The number of hydrogen-bond donors (Lipinski definition) is 0. The summed E-state index contributed by atoms with van der Waals surface area (Å²) in [5, 5.41) is 0. The smallest absolute Gasteiger partial charge is 0.762 e. The SMILES string of the molecule is C.C.C.C.C.C.C=Cn1cc[n+](CCCC)c1.CCCC[n+]1ccn(C(C)(C)CC(C)(CC)C(=O)OC)c1.FB(F)F.FB(F)F.[F-].[F-]. The second kappa shape index (κ2) is 38.6. The minimum atomic E-state index is -3.67. The third-order valence-electron chi connectivity index (χ3n) is 6.13. The number of unbranched alkanes of at least 4 members (excludes halogenated alkanes) is 2. The first-order valence-electron chi connectivity index (χ1n) is 13.3. The number of aromatic nitrogens is 4. The number of halogens is 8. The number of nitrogens with zero attached hydrogens (tertiary/aromatic N) is 4. The van der Waals surface area contributed by atoms with Crippen LogP contribution in [0.2, 0.25) is 0 Å². The maximum Gasteiger partial charge on any atom is 0.762 e. The van der Waals surface area contributed by atoms with Crippen molar-refractivity contribution < 1.29 is 54.0 Å². The number of imidazole rings is 2. The third kappa shape index (κ3) is 33.1. The average molecular weight is 717 g/mol. The fourth-order valence-corrected chi connectivity index (χ4v) is 3.85. The van der Waals surface area contributed by atoms with E-state index < -0.39 is 20.5 Å². The molecule has 2 heterocycles. The molecule has 0 fully saturated rings. The molecule has 6 nitrogen and oxygen atoms in total. The molecular weight excluding hydrogens is 646 g/mol. The Balaban J connectivity index is -0.0000000575. The van der Waals surface area contributed by atoms with Gasteiger partial charge in [0.05, 0.1) is 31.8 Å². The summed E-state index contributed by atoms with van der Waals surface area (Å²) in [7, 11) is -5.86. The largest absolute Gasteiger partial charge is 1.00 e. The Morgan fingerprint density at radius 2 is 1.17 bits per heavy atom. The number of hydrogen-bond acceptors (Lipinski definition) is 2. The lowest BCUT2D eigenvalue weighted by Gasteiger charge is -2.32. The molecule has 0 amide bonds. The molecule has 1 unspecified atom stereocenters. The molecule has 0 N–H and O–H groups in total. The van der Waals surface area contributed by atoms with Crippen LogP contribution in [-0.2, 0) is 28.2 Å². The Morgan fingerprint density at radius 3 is 1.48 bits per heavy atom. The van der Waals surface area contributed by atoms with E-state index >= 15 is 0 Å². The van der Waals surface area contributed by atoms with Crippen molar-refractivity contribution in [1.82, 2.24) is 9.13 Å². The van der Waals surface area contributed by atoms with Crippen LogP contribution in [0.3, 0.4) is 0 Å². The van der Waals surface area contributed by atoms with E-state index in [4.69, 9.17) is 4.74 Å². The molecule has 0 aromatic carbocycles. The highest BCUT2D eigenvalue weighted by Crippen LogP contribution is 2.36. The average Bonchev–Trinajstić information content (AvgIpc) is 3.55. The third-order valence-corrected chi connectivity index (χ3v) is 6.13. The fraction of sp³-hybridized carbons (Fsp3) is 0.719. The summed E-state index contributed by atoms with van der Waals surface area (Å²) in [5.74, 6) is -0.121. The molecule has 0 radical (unpaired) electrons. The van der Waals surface area contributed by atoms with E-state index in [0.717, 1.165) is 25.9 Å². The second-order valence-electron chi connectivity index (χ2n) is 9.94. The molecule has 2 rings (SSSR count). The zero-order valence-electron chi connectivity index (χ0n) is 25.7. The van der Waals surface area contributed by atoms with Crippen molar-refractivity contribution in [3.05, 3.63) is 44.0 Å².